The standard InChI is InChI=1S/C14H12BrFN2O2/c1-8-4-2-3-5-10(8)20-11-7-6-9(14(17)18-19)12(15)13(11)16/h2-7,19H,1H3,(H2,17,18). The summed E-state index contributed by atoms with van der Waals surface area (Å²) in [4.78, 5) is 0. The first-order valence-corrected chi connectivity index (χ1v) is 6.53. The Morgan fingerprint density at radius 2 is 1.95 bits per heavy atom. The Balaban J connectivity index is 2.40. The fourth-order valence-corrected chi connectivity index (χ4v) is 2.18. The molecule has 2 aromatic rings. The summed E-state index contributed by atoms with van der Waals surface area (Å²) in [5.74, 6) is -0.175. The molecule has 0 atom stereocenters. The number of oxime groups is 1. The largest absolute Gasteiger partial charge is 0.454 e. The smallest absolute Gasteiger partial charge is 0.180 e. The number of rotatable bonds is 3. The molecule has 0 aliphatic heterocycles. The van der Waals surface area contributed by atoms with E-state index in [0.29, 0.717) is 5.75 Å². The van der Waals surface area contributed by atoms with Crippen LogP contribution in [-0.2, 0) is 0 Å². The fraction of sp³-hybridized carbons (Fsp3) is 0.0714. The summed E-state index contributed by atoms with van der Waals surface area (Å²) < 4.78 is 19.8. The van der Waals surface area contributed by atoms with Crippen LogP contribution in [0, 0.1) is 12.7 Å². The lowest BCUT2D eigenvalue weighted by molar-refractivity contribution is 0.318. The summed E-state index contributed by atoms with van der Waals surface area (Å²) >= 11 is 3.08. The first-order valence-electron chi connectivity index (χ1n) is 5.74. The van der Waals surface area contributed by atoms with Gasteiger partial charge in [0.05, 0.1) is 4.47 Å². The summed E-state index contributed by atoms with van der Waals surface area (Å²) in [5, 5.41) is 11.5. The van der Waals surface area contributed by atoms with E-state index >= 15 is 0 Å². The molecule has 2 aromatic carbocycles. The lowest BCUT2D eigenvalue weighted by atomic mass is 10.2. The van der Waals surface area contributed by atoms with E-state index in [1.807, 2.05) is 19.1 Å². The van der Waals surface area contributed by atoms with Crippen molar-refractivity contribution in [2.45, 2.75) is 6.92 Å². The average Bonchev–Trinajstić information content (AvgIpc) is 2.45. The molecule has 0 heterocycles. The third kappa shape index (κ3) is 2.75. The summed E-state index contributed by atoms with van der Waals surface area (Å²) in [6.07, 6.45) is 0. The van der Waals surface area contributed by atoms with Gasteiger partial charge in [-0.2, -0.15) is 0 Å². The molecule has 0 radical (unpaired) electrons. The molecule has 0 spiro atoms. The predicted molar refractivity (Wildman–Crippen MR) is 77.9 cm³/mol. The monoisotopic (exact) mass is 338 g/mol. The van der Waals surface area contributed by atoms with Gasteiger partial charge in [0.25, 0.3) is 0 Å². The number of nitrogens with zero attached hydrogens (tertiary/aromatic N) is 1. The van der Waals surface area contributed by atoms with Crippen LogP contribution in [0.25, 0.3) is 0 Å². The summed E-state index contributed by atoms with van der Waals surface area (Å²) in [6, 6.07) is 10.2. The first kappa shape index (κ1) is 14.3. The highest BCUT2D eigenvalue weighted by molar-refractivity contribution is 9.10. The highest BCUT2D eigenvalue weighted by Gasteiger charge is 2.16. The highest BCUT2D eigenvalue weighted by atomic mass is 79.9. The molecule has 20 heavy (non-hydrogen) atoms. The maximum atomic E-state index is 14.2. The van der Waals surface area contributed by atoms with Crippen molar-refractivity contribution >= 4 is 21.8 Å². The number of amidine groups is 1. The molecule has 0 aliphatic rings. The minimum atomic E-state index is -0.614. The van der Waals surface area contributed by atoms with Crippen LogP contribution < -0.4 is 10.5 Å². The number of benzene rings is 2. The maximum Gasteiger partial charge on any atom is 0.180 e. The molecule has 0 saturated heterocycles. The number of halogens is 2. The molecule has 104 valence electrons. The Morgan fingerprint density at radius 3 is 2.60 bits per heavy atom. The van der Waals surface area contributed by atoms with Gasteiger partial charge in [-0.15, -0.1) is 0 Å². The third-order valence-corrected chi connectivity index (χ3v) is 3.52. The predicted octanol–water partition coefficient (Wildman–Crippen LogP) is 3.78. The van der Waals surface area contributed by atoms with E-state index in [9.17, 15) is 4.39 Å². The maximum absolute atomic E-state index is 14.2. The topological polar surface area (TPSA) is 67.8 Å². The van der Waals surface area contributed by atoms with Crippen molar-refractivity contribution in [1.82, 2.24) is 0 Å². The van der Waals surface area contributed by atoms with E-state index in [1.165, 1.54) is 12.1 Å². The lowest BCUT2D eigenvalue weighted by Crippen LogP contribution is -2.14. The van der Waals surface area contributed by atoms with Gasteiger partial charge in [-0.1, -0.05) is 23.4 Å². The SMILES string of the molecule is Cc1ccccc1Oc1ccc(/C(N)=N/O)c(Br)c1F. The van der Waals surface area contributed by atoms with Crippen molar-refractivity contribution in [3.05, 3.63) is 57.8 Å². The third-order valence-electron chi connectivity index (χ3n) is 2.74. The van der Waals surface area contributed by atoms with Gasteiger partial charge >= 0.3 is 0 Å². The lowest BCUT2D eigenvalue weighted by Gasteiger charge is -2.11. The molecule has 0 unspecified atom stereocenters. The van der Waals surface area contributed by atoms with Crippen LogP contribution in [0.2, 0.25) is 0 Å². The van der Waals surface area contributed by atoms with Gasteiger partial charge in [-0.05, 0) is 46.6 Å². The second-order valence-corrected chi connectivity index (χ2v) is 4.89. The molecule has 3 N–H and O–H groups in total. The van der Waals surface area contributed by atoms with E-state index in [-0.39, 0.29) is 21.6 Å². The Bertz CT molecular complexity index is 674. The Kier molecular flexibility index (Phi) is 4.24. The Morgan fingerprint density at radius 1 is 1.25 bits per heavy atom. The number of aryl methyl sites for hydroxylation is 1. The van der Waals surface area contributed by atoms with Crippen molar-refractivity contribution in [2.75, 3.05) is 0 Å². The van der Waals surface area contributed by atoms with Gasteiger partial charge in [0.2, 0.25) is 0 Å². The minimum Gasteiger partial charge on any atom is -0.454 e. The fourth-order valence-electron chi connectivity index (χ4n) is 1.65. The van der Waals surface area contributed by atoms with Crippen molar-refractivity contribution in [3.63, 3.8) is 0 Å². The second kappa shape index (κ2) is 5.92. The van der Waals surface area contributed by atoms with E-state index in [1.54, 1.807) is 12.1 Å². The van der Waals surface area contributed by atoms with Crippen molar-refractivity contribution in [3.8, 4) is 11.5 Å². The van der Waals surface area contributed by atoms with Gasteiger partial charge < -0.3 is 15.7 Å². The van der Waals surface area contributed by atoms with Gasteiger partial charge in [-0.25, -0.2) is 4.39 Å². The molecule has 0 bridgehead atoms. The zero-order valence-corrected chi connectivity index (χ0v) is 12.2. The Hall–Kier alpha value is -2.08. The van der Waals surface area contributed by atoms with Gasteiger partial charge in [0.15, 0.2) is 17.4 Å². The molecule has 2 rings (SSSR count). The molecule has 0 aliphatic carbocycles. The normalized spacial score (nSPS) is 11.4. The number of hydrogen-bond donors (Lipinski definition) is 2. The molecule has 0 aromatic heterocycles. The molecular weight excluding hydrogens is 327 g/mol. The molecule has 4 nitrogen and oxygen atoms in total. The van der Waals surface area contributed by atoms with E-state index in [4.69, 9.17) is 15.7 Å². The van der Waals surface area contributed by atoms with Crippen LogP contribution in [0.4, 0.5) is 4.39 Å². The number of hydrogen-bond acceptors (Lipinski definition) is 3. The van der Waals surface area contributed by atoms with Crippen molar-refractivity contribution in [1.29, 1.82) is 0 Å². The molecular formula is C14H12BrFN2O2. The van der Waals surface area contributed by atoms with Gasteiger partial charge in [0.1, 0.15) is 5.75 Å². The van der Waals surface area contributed by atoms with Gasteiger partial charge in [-0.3, -0.25) is 0 Å². The molecule has 6 heteroatoms. The van der Waals surface area contributed by atoms with E-state index in [0.717, 1.165) is 5.56 Å². The van der Waals surface area contributed by atoms with Crippen molar-refractivity contribution in [2.24, 2.45) is 10.9 Å². The van der Waals surface area contributed by atoms with Crippen molar-refractivity contribution < 1.29 is 14.3 Å². The average molecular weight is 339 g/mol. The zero-order chi connectivity index (χ0) is 14.7. The van der Waals surface area contributed by atoms with Crippen LogP contribution in [0.5, 0.6) is 11.5 Å². The van der Waals surface area contributed by atoms with E-state index in [2.05, 4.69) is 21.1 Å². The first-order chi connectivity index (χ1) is 9.54. The minimum absolute atomic E-state index is 0.0562. The molecule has 0 fully saturated rings. The van der Waals surface area contributed by atoms with Crippen LogP contribution in [-0.4, -0.2) is 11.0 Å². The van der Waals surface area contributed by atoms with Gasteiger partial charge in [0, 0.05) is 5.56 Å². The van der Waals surface area contributed by atoms with Crippen LogP contribution in [0.15, 0.2) is 46.0 Å². The highest BCUT2D eigenvalue weighted by Crippen LogP contribution is 2.32. The number of nitrogens with two attached hydrogens (primary N) is 1. The Labute approximate surface area is 123 Å². The number of ether oxygens (including phenoxy) is 1. The van der Waals surface area contributed by atoms with Crippen LogP contribution >= 0.6 is 15.9 Å². The summed E-state index contributed by atoms with van der Waals surface area (Å²) in [7, 11) is 0. The quantitative estimate of drug-likeness (QED) is 0.387. The van der Waals surface area contributed by atoms with Crippen LogP contribution in [0.1, 0.15) is 11.1 Å². The number of para-hydroxylation sites is 1. The van der Waals surface area contributed by atoms with E-state index < -0.39 is 5.82 Å². The molecule has 0 amide bonds. The van der Waals surface area contributed by atoms with Crippen LogP contribution in [0.3, 0.4) is 0 Å². The summed E-state index contributed by atoms with van der Waals surface area (Å²) in [6.45, 7) is 1.87. The second-order valence-electron chi connectivity index (χ2n) is 4.09. The molecule has 0 saturated carbocycles. The zero-order valence-electron chi connectivity index (χ0n) is 10.6. The summed E-state index contributed by atoms with van der Waals surface area (Å²) in [5.41, 5.74) is 6.60.